The van der Waals surface area contributed by atoms with E-state index in [1.807, 2.05) is 0 Å². The van der Waals surface area contributed by atoms with E-state index in [0.29, 0.717) is 32.5 Å². The number of ether oxygens (including phenoxy) is 1. The first-order valence-electron chi connectivity index (χ1n) is 4.64. The second-order valence-corrected chi connectivity index (χ2v) is 3.43. The predicted octanol–water partition coefficient (Wildman–Crippen LogP) is -0.0440. The van der Waals surface area contributed by atoms with Gasteiger partial charge in [-0.2, -0.15) is 0 Å². The lowest BCUT2D eigenvalue weighted by Crippen LogP contribution is -2.53. The van der Waals surface area contributed by atoms with Crippen LogP contribution in [0.3, 0.4) is 0 Å². The molecule has 80 valence electrons. The van der Waals surface area contributed by atoms with Crippen LogP contribution < -0.4 is 0 Å². The molecule has 1 rings (SSSR count). The van der Waals surface area contributed by atoms with Crippen LogP contribution in [0.15, 0.2) is 0 Å². The number of carbonyl (C=O) groups excluding carboxylic acids is 1. The molecule has 0 aromatic heterocycles. The second kappa shape index (κ2) is 4.95. The van der Waals surface area contributed by atoms with E-state index in [2.05, 4.69) is 0 Å². The zero-order chi connectivity index (χ0) is 10.6. The summed E-state index contributed by atoms with van der Waals surface area (Å²) in [5.74, 6) is -1.15. The molecule has 0 atom stereocenters. The molecule has 0 aromatic carbocycles. The Bertz CT molecular complexity index is 223. The molecule has 1 aliphatic heterocycles. The number of nitrogens with zero attached hydrogens (tertiary/aromatic N) is 1. The standard InChI is InChI=1S/C9H15NO4/c1-14-4-2-3-8(11)10-5-7(6-10)9(12)13/h7H,2-6H2,1H3,(H,12,13). The highest BCUT2D eigenvalue weighted by Crippen LogP contribution is 2.16. The molecule has 1 saturated heterocycles. The number of carboxylic acid groups (broad SMARTS) is 1. The van der Waals surface area contributed by atoms with Gasteiger partial charge in [-0.3, -0.25) is 9.59 Å². The molecule has 0 saturated carbocycles. The molecule has 1 fully saturated rings. The van der Waals surface area contributed by atoms with E-state index in [1.54, 1.807) is 12.0 Å². The van der Waals surface area contributed by atoms with E-state index < -0.39 is 5.97 Å². The third-order valence-corrected chi connectivity index (χ3v) is 2.32. The Morgan fingerprint density at radius 2 is 2.14 bits per heavy atom. The molecule has 5 nitrogen and oxygen atoms in total. The lowest BCUT2D eigenvalue weighted by molar-refractivity contribution is -0.152. The molecule has 1 heterocycles. The van der Waals surface area contributed by atoms with Gasteiger partial charge in [0.15, 0.2) is 0 Å². The smallest absolute Gasteiger partial charge is 0.310 e. The average Bonchev–Trinajstić information content (AvgIpc) is 2.01. The number of likely N-dealkylation sites (tertiary alicyclic amines) is 1. The topological polar surface area (TPSA) is 66.8 Å². The van der Waals surface area contributed by atoms with Crippen LogP contribution in [0.2, 0.25) is 0 Å². The van der Waals surface area contributed by atoms with Crippen LogP contribution in [0.4, 0.5) is 0 Å². The summed E-state index contributed by atoms with van der Waals surface area (Å²) < 4.78 is 4.82. The number of amides is 1. The molecular weight excluding hydrogens is 186 g/mol. The van der Waals surface area contributed by atoms with Gasteiger partial charge in [-0.05, 0) is 6.42 Å². The highest BCUT2D eigenvalue weighted by molar-refractivity contribution is 5.80. The summed E-state index contributed by atoms with van der Waals surface area (Å²) in [6.45, 7) is 1.30. The van der Waals surface area contributed by atoms with Gasteiger partial charge in [-0.25, -0.2) is 0 Å². The van der Waals surface area contributed by atoms with Gasteiger partial charge < -0.3 is 14.7 Å². The molecule has 0 aliphatic carbocycles. The summed E-state index contributed by atoms with van der Waals surface area (Å²) in [6, 6.07) is 0. The SMILES string of the molecule is COCCCC(=O)N1CC(C(=O)O)C1. The summed E-state index contributed by atoms with van der Waals surface area (Å²) in [5.41, 5.74) is 0. The van der Waals surface area contributed by atoms with Crippen molar-refractivity contribution in [3.8, 4) is 0 Å². The van der Waals surface area contributed by atoms with Crippen molar-refractivity contribution in [2.75, 3.05) is 26.8 Å². The molecular formula is C9H15NO4. The third kappa shape index (κ3) is 2.70. The van der Waals surface area contributed by atoms with Crippen LogP contribution in [-0.2, 0) is 14.3 Å². The second-order valence-electron chi connectivity index (χ2n) is 3.43. The van der Waals surface area contributed by atoms with E-state index >= 15 is 0 Å². The minimum Gasteiger partial charge on any atom is -0.481 e. The fourth-order valence-electron chi connectivity index (χ4n) is 1.36. The Morgan fingerprint density at radius 3 is 2.64 bits per heavy atom. The van der Waals surface area contributed by atoms with Crippen LogP contribution in [0, 0.1) is 5.92 Å². The Morgan fingerprint density at radius 1 is 1.50 bits per heavy atom. The molecule has 14 heavy (non-hydrogen) atoms. The molecule has 0 unspecified atom stereocenters. The maximum absolute atomic E-state index is 11.3. The fraction of sp³-hybridized carbons (Fsp3) is 0.778. The zero-order valence-corrected chi connectivity index (χ0v) is 8.23. The molecule has 1 aliphatic rings. The molecule has 0 aromatic rings. The van der Waals surface area contributed by atoms with Crippen LogP contribution in [-0.4, -0.2) is 48.7 Å². The lowest BCUT2D eigenvalue weighted by atomic mass is 10.00. The van der Waals surface area contributed by atoms with Crippen molar-refractivity contribution >= 4 is 11.9 Å². The molecule has 5 heteroatoms. The summed E-state index contributed by atoms with van der Waals surface area (Å²) in [5, 5.41) is 8.59. The van der Waals surface area contributed by atoms with Crippen molar-refractivity contribution in [3.05, 3.63) is 0 Å². The largest absolute Gasteiger partial charge is 0.481 e. The van der Waals surface area contributed by atoms with Crippen molar-refractivity contribution in [2.45, 2.75) is 12.8 Å². The first kappa shape index (κ1) is 11.0. The average molecular weight is 201 g/mol. The van der Waals surface area contributed by atoms with Crippen LogP contribution in [0.5, 0.6) is 0 Å². The summed E-state index contributed by atoms with van der Waals surface area (Å²) in [4.78, 5) is 23.4. The Kier molecular flexibility index (Phi) is 3.88. The first-order valence-corrected chi connectivity index (χ1v) is 4.64. The highest BCUT2D eigenvalue weighted by Gasteiger charge is 2.34. The Hall–Kier alpha value is -1.10. The van der Waals surface area contributed by atoms with E-state index in [1.165, 1.54) is 0 Å². The minimum atomic E-state index is -0.814. The summed E-state index contributed by atoms with van der Waals surface area (Å²) >= 11 is 0. The molecule has 0 spiro atoms. The lowest BCUT2D eigenvalue weighted by Gasteiger charge is -2.36. The van der Waals surface area contributed by atoms with Crippen molar-refractivity contribution in [1.82, 2.24) is 4.90 Å². The minimum absolute atomic E-state index is 0.0274. The third-order valence-electron chi connectivity index (χ3n) is 2.32. The number of carbonyl (C=O) groups is 2. The predicted molar refractivity (Wildman–Crippen MR) is 48.8 cm³/mol. The van der Waals surface area contributed by atoms with Crippen molar-refractivity contribution < 1.29 is 19.4 Å². The van der Waals surface area contributed by atoms with Crippen molar-refractivity contribution in [1.29, 1.82) is 0 Å². The quantitative estimate of drug-likeness (QED) is 0.633. The van der Waals surface area contributed by atoms with Crippen LogP contribution in [0.1, 0.15) is 12.8 Å². The van der Waals surface area contributed by atoms with E-state index in [4.69, 9.17) is 9.84 Å². The van der Waals surface area contributed by atoms with Gasteiger partial charge in [0, 0.05) is 33.2 Å². The normalized spacial score (nSPS) is 16.5. The maximum Gasteiger partial charge on any atom is 0.310 e. The van der Waals surface area contributed by atoms with Crippen molar-refractivity contribution in [3.63, 3.8) is 0 Å². The van der Waals surface area contributed by atoms with Gasteiger partial charge >= 0.3 is 5.97 Å². The van der Waals surface area contributed by atoms with Gasteiger partial charge in [0.2, 0.25) is 5.91 Å². The number of methoxy groups -OCH3 is 1. The first-order chi connectivity index (χ1) is 6.65. The van der Waals surface area contributed by atoms with Gasteiger partial charge in [0.25, 0.3) is 0 Å². The summed E-state index contributed by atoms with van der Waals surface area (Å²) in [7, 11) is 1.59. The van der Waals surface area contributed by atoms with Gasteiger partial charge in [0.1, 0.15) is 0 Å². The van der Waals surface area contributed by atoms with Gasteiger partial charge in [-0.1, -0.05) is 0 Å². The number of rotatable bonds is 5. The molecule has 0 bridgehead atoms. The monoisotopic (exact) mass is 201 g/mol. The van der Waals surface area contributed by atoms with E-state index in [0.717, 1.165) is 0 Å². The molecule has 1 amide bonds. The summed E-state index contributed by atoms with van der Waals surface area (Å²) in [6.07, 6.45) is 1.14. The number of hydrogen-bond donors (Lipinski definition) is 1. The van der Waals surface area contributed by atoms with Gasteiger partial charge in [-0.15, -0.1) is 0 Å². The van der Waals surface area contributed by atoms with Crippen LogP contribution in [0.25, 0.3) is 0 Å². The van der Waals surface area contributed by atoms with Crippen LogP contribution >= 0.6 is 0 Å². The fourth-order valence-corrected chi connectivity index (χ4v) is 1.36. The molecule has 1 N–H and O–H groups in total. The maximum atomic E-state index is 11.3. The Labute approximate surface area is 82.6 Å². The zero-order valence-electron chi connectivity index (χ0n) is 8.23. The van der Waals surface area contributed by atoms with E-state index in [9.17, 15) is 9.59 Å². The Balaban J connectivity index is 2.13. The van der Waals surface area contributed by atoms with E-state index in [-0.39, 0.29) is 11.8 Å². The van der Waals surface area contributed by atoms with Crippen molar-refractivity contribution in [2.24, 2.45) is 5.92 Å². The number of aliphatic carboxylic acids is 1. The van der Waals surface area contributed by atoms with Gasteiger partial charge in [0.05, 0.1) is 5.92 Å². The molecule has 0 radical (unpaired) electrons. The highest BCUT2D eigenvalue weighted by atomic mass is 16.5. The number of carboxylic acids is 1. The number of hydrogen-bond acceptors (Lipinski definition) is 3.